The zero-order valence-electron chi connectivity index (χ0n) is 17.7. The van der Waals surface area contributed by atoms with Gasteiger partial charge in [0, 0.05) is 29.2 Å². The number of carbonyl (C=O) groups is 2. The minimum Gasteiger partial charge on any atom is -0.366 e. The summed E-state index contributed by atoms with van der Waals surface area (Å²) in [6, 6.07) is 2.84. The Balaban J connectivity index is 3.72. The minimum atomic E-state index is -3.05. The molecule has 0 aliphatic rings. The van der Waals surface area contributed by atoms with Crippen molar-refractivity contribution in [2.24, 2.45) is 10.7 Å². The first-order valence-electron chi connectivity index (χ1n) is 9.15. The van der Waals surface area contributed by atoms with Crippen LogP contribution in [0.3, 0.4) is 0 Å². The zero-order valence-corrected chi connectivity index (χ0v) is 18.5. The first-order valence-corrected chi connectivity index (χ1v) is 10.1. The molecule has 0 aliphatic carbocycles. The van der Waals surface area contributed by atoms with Crippen LogP contribution in [0, 0.1) is 6.92 Å². The van der Waals surface area contributed by atoms with Crippen molar-refractivity contribution >= 4 is 29.2 Å². The number of amides is 1. The number of ketones is 1. The summed E-state index contributed by atoms with van der Waals surface area (Å²) in [5.74, 6) is -3.44. The van der Waals surface area contributed by atoms with Gasteiger partial charge in [0.1, 0.15) is 5.71 Å². The predicted octanol–water partition coefficient (Wildman–Crippen LogP) is 5.08. The molecule has 29 heavy (non-hydrogen) atoms. The van der Waals surface area contributed by atoms with Gasteiger partial charge >= 0.3 is 0 Å². The molecule has 0 spiro atoms. The zero-order chi connectivity index (χ0) is 22.6. The molecular weight excluding hydrogens is 394 g/mol. The van der Waals surface area contributed by atoms with Crippen LogP contribution >= 0.6 is 11.8 Å². The summed E-state index contributed by atoms with van der Waals surface area (Å²) in [6.07, 6.45) is 2.49. The maximum Gasteiger partial charge on any atom is 0.270 e. The molecular formula is C22H28F2N2O2S. The molecule has 0 saturated heterocycles. The smallest absolute Gasteiger partial charge is 0.270 e. The number of carbonyl (C=O) groups excluding carboxylic acids is 2. The number of primary amides is 1. The summed E-state index contributed by atoms with van der Waals surface area (Å²) in [4.78, 5) is 29.5. The van der Waals surface area contributed by atoms with Crippen LogP contribution in [0.2, 0.25) is 0 Å². The number of hydrogen-bond donors (Lipinski definition) is 1. The lowest BCUT2D eigenvalue weighted by molar-refractivity contribution is -0.117. The SMILES string of the molecule is C=CN=C(/C=C(\C)C(N)=O)C(=O)C(C)(C)c1cc(C(C)(F)F)cc(C)c1SCC. The van der Waals surface area contributed by atoms with Crippen molar-refractivity contribution in [2.45, 2.75) is 57.8 Å². The number of thioether (sulfide) groups is 1. The van der Waals surface area contributed by atoms with E-state index in [-0.39, 0.29) is 16.8 Å². The van der Waals surface area contributed by atoms with E-state index in [0.717, 1.165) is 11.8 Å². The molecule has 0 heterocycles. The molecule has 0 saturated carbocycles. The topological polar surface area (TPSA) is 72.5 Å². The molecule has 0 fully saturated rings. The van der Waals surface area contributed by atoms with Gasteiger partial charge in [0.15, 0.2) is 5.78 Å². The fraction of sp³-hybridized carbons (Fsp3) is 0.409. The van der Waals surface area contributed by atoms with E-state index in [9.17, 15) is 18.4 Å². The van der Waals surface area contributed by atoms with Crippen molar-refractivity contribution in [3.8, 4) is 0 Å². The summed E-state index contributed by atoms with van der Waals surface area (Å²) in [5, 5.41) is 0. The Hall–Kier alpha value is -2.28. The van der Waals surface area contributed by atoms with E-state index in [1.54, 1.807) is 20.8 Å². The Labute approximate surface area is 175 Å². The van der Waals surface area contributed by atoms with Gasteiger partial charge in [-0.05, 0) is 62.8 Å². The molecule has 158 valence electrons. The van der Waals surface area contributed by atoms with Crippen LogP contribution in [0.4, 0.5) is 8.78 Å². The predicted molar refractivity (Wildman–Crippen MR) is 116 cm³/mol. The highest BCUT2D eigenvalue weighted by Gasteiger charge is 2.37. The highest BCUT2D eigenvalue weighted by molar-refractivity contribution is 7.99. The van der Waals surface area contributed by atoms with Crippen LogP contribution in [0.5, 0.6) is 0 Å². The molecule has 4 nitrogen and oxygen atoms in total. The second kappa shape index (κ2) is 9.48. The second-order valence-corrected chi connectivity index (χ2v) is 8.61. The van der Waals surface area contributed by atoms with Crippen molar-refractivity contribution in [2.75, 3.05) is 5.75 Å². The van der Waals surface area contributed by atoms with Crippen LogP contribution in [-0.2, 0) is 20.9 Å². The normalized spacial score (nSPS) is 13.4. The van der Waals surface area contributed by atoms with Gasteiger partial charge in [0.2, 0.25) is 5.91 Å². The van der Waals surface area contributed by atoms with E-state index in [0.29, 0.717) is 16.9 Å². The molecule has 0 atom stereocenters. The average molecular weight is 423 g/mol. The van der Waals surface area contributed by atoms with Crippen LogP contribution < -0.4 is 5.73 Å². The molecule has 1 rings (SSSR count). The van der Waals surface area contributed by atoms with E-state index in [4.69, 9.17) is 5.73 Å². The summed E-state index contributed by atoms with van der Waals surface area (Å²) >= 11 is 1.49. The number of nitrogens with zero attached hydrogens (tertiary/aromatic N) is 1. The number of nitrogens with two attached hydrogens (primary N) is 1. The number of aliphatic imine (C=N–C) groups is 1. The molecule has 1 amide bonds. The summed E-state index contributed by atoms with van der Waals surface area (Å²) < 4.78 is 28.1. The Morgan fingerprint density at radius 2 is 1.86 bits per heavy atom. The second-order valence-electron chi connectivity index (χ2n) is 7.33. The van der Waals surface area contributed by atoms with Crippen LogP contribution in [0.1, 0.15) is 51.3 Å². The molecule has 7 heteroatoms. The Bertz CT molecular complexity index is 882. The molecule has 0 radical (unpaired) electrons. The summed E-state index contributed by atoms with van der Waals surface area (Å²) in [7, 11) is 0. The number of alkyl halides is 2. The molecule has 0 aliphatic heterocycles. The van der Waals surface area contributed by atoms with Crippen molar-refractivity contribution in [3.63, 3.8) is 0 Å². The third-order valence-electron chi connectivity index (χ3n) is 4.52. The highest BCUT2D eigenvalue weighted by Crippen LogP contribution is 2.40. The van der Waals surface area contributed by atoms with E-state index in [1.165, 1.54) is 43.1 Å². The fourth-order valence-electron chi connectivity index (χ4n) is 2.81. The Morgan fingerprint density at radius 3 is 2.31 bits per heavy atom. The number of Topliss-reactive ketones (excluding diaryl/α,β-unsaturated/α-hetero) is 1. The number of halogens is 2. The van der Waals surface area contributed by atoms with Gasteiger partial charge in [0.05, 0.1) is 5.41 Å². The lowest BCUT2D eigenvalue weighted by atomic mass is 9.77. The maximum absolute atomic E-state index is 14.1. The first-order chi connectivity index (χ1) is 13.3. The maximum atomic E-state index is 14.1. The Kier molecular flexibility index (Phi) is 8.09. The van der Waals surface area contributed by atoms with E-state index < -0.39 is 23.0 Å². The first kappa shape index (κ1) is 24.8. The lowest BCUT2D eigenvalue weighted by Crippen LogP contribution is -2.36. The van der Waals surface area contributed by atoms with E-state index in [2.05, 4.69) is 11.6 Å². The van der Waals surface area contributed by atoms with Crippen molar-refractivity contribution in [1.29, 1.82) is 0 Å². The quantitative estimate of drug-likeness (QED) is 0.343. The number of hydrogen-bond acceptors (Lipinski definition) is 4. The largest absolute Gasteiger partial charge is 0.366 e. The molecule has 1 aromatic carbocycles. The third-order valence-corrected chi connectivity index (χ3v) is 5.64. The monoisotopic (exact) mass is 422 g/mol. The van der Waals surface area contributed by atoms with Crippen LogP contribution in [0.15, 0.2) is 46.4 Å². The number of benzene rings is 1. The van der Waals surface area contributed by atoms with E-state index in [1.807, 2.05) is 6.92 Å². The summed E-state index contributed by atoms with van der Waals surface area (Å²) in [5.41, 5.74) is 5.24. The van der Waals surface area contributed by atoms with Gasteiger partial charge in [0.25, 0.3) is 5.92 Å². The van der Waals surface area contributed by atoms with Crippen LogP contribution in [0.25, 0.3) is 0 Å². The van der Waals surface area contributed by atoms with Gasteiger partial charge in [-0.1, -0.05) is 13.5 Å². The molecule has 2 N–H and O–H groups in total. The van der Waals surface area contributed by atoms with Crippen LogP contribution in [-0.4, -0.2) is 23.2 Å². The summed E-state index contributed by atoms with van der Waals surface area (Å²) in [6.45, 7) is 12.8. The third kappa shape index (κ3) is 5.85. The van der Waals surface area contributed by atoms with Gasteiger partial charge in [-0.25, -0.2) is 8.78 Å². The highest BCUT2D eigenvalue weighted by atomic mass is 32.2. The van der Waals surface area contributed by atoms with Crippen molar-refractivity contribution in [1.82, 2.24) is 0 Å². The van der Waals surface area contributed by atoms with Gasteiger partial charge in [-0.15, -0.1) is 11.8 Å². The molecule has 0 aromatic heterocycles. The number of rotatable bonds is 9. The number of aryl methyl sites for hydroxylation is 1. The van der Waals surface area contributed by atoms with E-state index >= 15 is 0 Å². The lowest BCUT2D eigenvalue weighted by Gasteiger charge is -2.29. The molecule has 1 aromatic rings. The van der Waals surface area contributed by atoms with Gasteiger partial charge < -0.3 is 5.73 Å². The number of allylic oxidation sites excluding steroid dienone is 1. The fourth-order valence-corrected chi connectivity index (χ4v) is 3.85. The minimum absolute atomic E-state index is 0.0138. The standard InChI is InChI=1S/C22H28F2N2O2S/c1-8-26-17(11-14(4)20(25)28)19(27)21(5,6)16-12-15(22(7,23)24)10-13(3)18(16)29-9-2/h8,10-12H,1,9H2,2-7H3,(H2,25,28)/b14-11+,26-17?. The van der Waals surface area contributed by atoms with Crippen molar-refractivity contribution in [3.05, 3.63) is 53.3 Å². The van der Waals surface area contributed by atoms with Crippen molar-refractivity contribution < 1.29 is 18.4 Å². The van der Waals surface area contributed by atoms with Gasteiger partial charge in [-0.3, -0.25) is 14.6 Å². The molecule has 0 unspecified atom stereocenters. The van der Waals surface area contributed by atoms with Gasteiger partial charge in [-0.2, -0.15) is 0 Å². The molecule has 0 bridgehead atoms. The average Bonchev–Trinajstić information content (AvgIpc) is 2.60. The Morgan fingerprint density at radius 1 is 1.28 bits per heavy atom.